The first-order chi connectivity index (χ1) is 7.13. The summed E-state index contributed by atoms with van der Waals surface area (Å²) in [5, 5.41) is 5.95. The van der Waals surface area contributed by atoms with E-state index in [9.17, 15) is 0 Å². The van der Waals surface area contributed by atoms with Crippen molar-refractivity contribution in [2.24, 2.45) is 0 Å². The lowest BCUT2D eigenvalue weighted by Crippen LogP contribution is -2.28. The molecule has 0 heterocycles. The molecular weight excluding hydrogens is 226 g/mol. The number of thiocarbonyl (C=S) groups is 1. The summed E-state index contributed by atoms with van der Waals surface area (Å²) in [6, 6.07) is 8.33. The van der Waals surface area contributed by atoms with Gasteiger partial charge >= 0.3 is 0 Å². The number of nitrogens with one attached hydrogen (secondary N) is 1. The van der Waals surface area contributed by atoms with E-state index >= 15 is 0 Å². The van der Waals surface area contributed by atoms with E-state index < -0.39 is 0 Å². The van der Waals surface area contributed by atoms with E-state index in [1.807, 2.05) is 24.3 Å². The van der Waals surface area contributed by atoms with Crippen molar-refractivity contribution in [1.82, 2.24) is 5.32 Å². The van der Waals surface area contributed by atoms with Crippen LogP contribution in [0.15, 0.2) is 24.3 Å². The zero-order valence-corrected chi connectivity index (χ0v) is 10.6. The molecule has 82 valence electrons. The third-order valence-electron chi connectivity index (χ3n) is 2.21. The van der Waals surface area contributed by atoms with Crippen molar-refractivity contribution in [2.75, 3.05) is 6.54 Å². The number of halogens is 1. The SMILES string of the molecule is CC(C)NCC(C=S)c1ccc(Cl)cc1. The molecule has 0 radical (unpaired) electrons. The lowest BCUT2D eigenvalue weighted by atomic mass is 10.0. The van der Waals surface area contributed by atoms with Gasteiger partial charge in [0.15, 0.2) is 0 Å². The van der Waals surface area contributed by atoms with Crippen LogP contribution in [0.2, 0.25) is 5.02 Å². The minimum Gasteiger partial charge on any atom is -0.314 e. The smallest absolute Gasteiger partial charge is 0.0406 e. The van der Waals surface area contributed by atoms with E-state index in [4.69, 9.17) is 23.8 Å². The summed E-state index contributed by atoms with van der Waals surface area (Å²) in [4.78, 5) is 0. The summed E-state index contributed by atoms with van der Waals surface area (Å²) < 4.78 is 0. The van der Waals surface area contributed by atoms with Gasteiger partial charge in [-0.15, -0.1) is 0 Å². The molecule has 0 spiro atoms. The Morgan fingerprint density at radius 2 is 1.93 bits per heavy atom. The van der Waals surface area contributed by atoms with E-state index in [1.165, 1.54) is 5.56 Å². The normalized spacial score (nSPS) is 12.8. The number of hydrogen-bond acceptors (Lipinski definition) is 2. The Bertz CT molecular complexity index is 308. The molecule has 3 heteroatoms. The maximum atomic E-state index is 5.84. The molecule has 0 saturated heterocycles. The fourth-order valence-electron chi connectivity index (χ4n) is 1.32. The van der Waals surface area contributed by atoms with Crippen molar-refractivity contribution >= 4 is 29.2 Å². The molecule has 0 aromatic heterocycles. The minimum absolute atomic E-state index is 0.277. The molecule has 1 atom stereocenters. The topological polar surface area (TPSA) is 12.0 Å². The quantitative estimate of drug-likeness (QED) is 0.793. The van der Waals surface area contributed by atoms with Gasteiger partial charge in [-0.25, -0.2) is 0 Å². The Hall–Kier alpha value is -0.440. The highest BCUT2D eigenvalue weighted by atomic mass is 35.5. The van der Waals surface area contributed by atoms with Crippen LogP contribution in [-0.2, 0) is 0 Å². The van der Waals surface area contributed by atoms with Gasteiger partial charge in [-0.1, -0.05) is 49.8 Å². The highest BCUT2D eigenvalue weighted by Gasteiger charge is 2.08. The van der Waals surface area contributed by atoms with Gasteiger partial charge in [0.2, 0.25) is 0 Å². The van der Waals surface area contributed by atoms with Crippen LogP contribution in [0.25, 0.3) is 0 Å². The minimum atomic E-state index is 0.277. The van der Waals surface area contributed by atoms with E-state index in [1.54, 1.807) is 5.37 Å². The van der Waals surface area contributed by atoms with Crippen LogP contribution >= 0.6 is 23.8 Å². The van der Waals surface area contributed by atoms with E-state index in [2.05, 4.69) is 19.2 Å². The third kappa shape index (κ3) is 4.29. The lowest BCUT2D eigenvalue weighted by Gasteiger charge is -2.15. The van der Waals surface area contributed by atoms with Gasteiger partial charge in [0, 0.05) is 23.5 Å². The molecule has 0 aliphatic carbocycles. The molecule has 1 unspecified atom stereocenters. The monoisotopic (exact) mass is 241 g/mol. The first-order valence-electron chi connectivity index (χ1n) is 5.07. The molecule has 0 bridgehead atoms. The van der Waals surface area contributed by atoms with Gasteiger partial charge in [0.25, 0.3) is 0 Å². The largest absolute Gasteiger partial charge is 0.314 e. The van der Waals surface area contributed by atoms with Gasteiger partial charge in [-0.2, -0.15) is 0 Å². The molecule has 1 nitrogen and oxygen atoms in total. The summed E-state index contributed by atoms with van der Waals surface area (Å²) in [6.45, 7) is 5.13. The second kappa shape index (κ2) is 6.21. The van der Waals surface area contributed by atoms with E-state index in [0.29, 0.717) is 6.04 Å². The fourth-order valence-corrected chi connectivity index (χ4v) is 1.70. The highest BCUT2D eigenvalue weighted by molar-refractivity contribution is 7.79. The van der Waals surface area contributed by atoms with Crippen molar-refractivity contribution < 1.29 is 0 Å². The van der Waals surface area contributed by atoms with Crippen LogP contribution in [-0.4, -0.2) is 18.0 Å². The predicted molar refractivity (Wildman–Crippen MR) is 71.0 cm³/mol. The molecular formula is C12H16ClNS. The average molecular weight is 242 g/mol. The van der Waals surface area contributed by atoms with E-state index in [0.717, 1.165) is 11.6 Å². The van der Waals surface area contributed by atoms with Crippen molar-refractivity contribution in [2.45, 2.75) is 25.8 Å². The van der Waals surface area contributed by atoms with Crippen LogP contribution in [0, 0.1) is 0 Å². The fraction of sp³-hybridized carbons (Fsp3) is 0.417. The van der Waals surface area contributed by atoms with Gasteiger partial charge in [0.1, 0.15) is 0 Å². The lowest BCUT2D eigenvalue weighted by molar-refractivity contribution is 0.580. The molecule has 1 rings (SSSR count). The van der Waals surface area contributed by atoms with Crippen LogP contribution in [0.1, 0.15) is 25.3 Å². The third-order valence-corrected chi connectivity index (χ3v) is 2.79. The first kappa shape index (κ1) is 12.6. The van der Waals surface area contributed by atoms with Gasteiger partial charge < -0.3 is 5.32 Å². The van der Waals surface area contributed by atoms with E-state index in [-0.39, 0.29) is 5.92 Å². The maximum Gasteiger partial charge on any atom is 0.0406 e. The molecule has 0 aliphatic rings. The molecule has 15 heavy (non-hydrogen) atoms. The second-order valence-corrected chi connectivity index (χ2v) is 4.57. The summed E-state index contributed by atoms with van der Waals surface area (Å²) >= 11 is 10.9. The molecule has 0 amide bonds. The zero-order chi connectivity index (χ0) is 11.3. The van der Waals surface area contributed by atoms with Crippen molar-refractivity contribution in [3.63, 3.8) is 0 Å². The Morgan fingerprint density at radius 1 is 1.33 bits per heavy atom. The first-order valence-corrected chi connectivity index (χ1v) is 5.92. The maximum absolute atomic E-state index is 5.84. The summed E-state index contributed by atoms with van der Waals surface area (Å²) in [5.74, 6) is 0.277. The van der Waals surface area contributed by atoms with Gasteiger partial charge in [0.05, 0.1) is 0 Å². The molecule has 1 aromatic carbocycles. The van der Waals surface area contributed by atoms with Crippen LogP contribution < -0.4 is 5.32 Å². The Kier molecular flexibility index (Phi) is 5.23. The van der Waals surface area contributed by atoms with Crippen LogP contribution in [0.3, 0.4) is 0 Å². The molecule has 0 aliphatic heterocycles. The summed E-state index contributed by atoms with van der Waals surface area (Å²) in [6.07, 6.45) is 0. The van der Waals surface area contributed by atoms with Crippen LogP contribution in [0.5, 0.6) is 0 Å². The number of rotatable bonds is 5. The van der Waals surface area contributed by atoms with Crippen molar-refractivity contribution in [1.29, 1.82) is 0 Å². The highest BCUT2D eigenvalue weighted by Crippen LogP contribution is 2.16. The second-order valence-electron chi connectivity index (χ2n) is 3.86. The molecule has 1 aromatic rings. The number of benzene rings is 1. The Morgan fingerprint density at radius 3 is 2.40 bits per heavy atom. The van der Waals surface area contributed by atoms with Gasteiger partial charge in [-0.05, 0) is 23.1 Å². The molecule has 0 fully saturated rings. The molecule has 0 saturated carbocycles. The summed E-state index contributed by atoms with van der Waals surface area (Å²) in [7, 11) is 0. The average Bonchev–Trinajstić information content (AvgIpc) is 2.21. The van der Waals surface area contributed by atoms with Gasteiger partial charge in [-0.3, -0.25) is 0 Å². The standard InChI is InChI=1S/C12H16ClNS/c1-9(2)14-7-11(8-15)10-3-5-12(13)6-4-10/h3-6,8-9,11,14H,7H2,1-2H3. The Labute approximate surface area is 102 Å². The van der Waals surface area contributed by atoms with Crippen molar-refractivity contribution in [3.05, 3.63) is 34.9 Å². The summed E-state index contributed by atoms with van der Waals surface area (Å²) in [5.41, 5.74) is 1.21. The van der Waals surface area contributed by atoms with Crippen LogP contribution in [0.4, 0.5) is 0 Å². The van der Waals surface area contributed by atoms with Crippen molar-refractivity contribution in [3.8, 4) is 0 Å². The molecule has 1 N–H and O–H groups in total. The predicted octanol–water partition coefficient (Wildman–Crippen LogP) is 3.42. The zero-order valence-electron chi connectivity index (χ0n) is 9.03. The Balaban J connectivity index is 2.65. The number of hydrogen-bond donors (Lipinski definition) is 1.